The molecular weight excluding hydrogens is 703 g/mol. The van der Waals surface area contributed by atoms with Gasteiger partial charge in [-0.2, -0.15) is 13.2 Å². The van der Waals surface area contributed by atoms with Crippen molar-refractivity contribution >= 4 is 41.0 Å². The predicted octanol–water partition coefficient (Wildman–Crippen LogP) is 4.99. The number of nitrogens with one attached hydrogen (secondary N) is 2. The molecule has 3 N–H and O–H groups in total. The van der Waals surface area contributed by atoms with E-state index in [4.69, 9.17) is 4.74 Å². The molecule has 12 nitrogen and oxygen atoms in total. The molecule has 1 aliphatic heterocycles. The molecule has 6 atom stereocenters. The van der Waals surface area contributed by atoms with E-state index in [-0.39, 0.29) is 29.5 Å². The van der Waals surface area contributed by atoms with E-state index in [9.17, 15) is 42.3 Å². The molecule has 0 unspecified atom stereocenters. The summed E-state index contributed by atoms with van der Waals surface area (Å²) >= 11 is 1.03. The highest BCUT2D eigenvalue weighted by atomic mass is 32.1. The number of hydrogen-bond donors (Lipinski definition) is 3. The second kappa shape index (κ2) is 19.1. The van der Waals surface area contributed by atoms with Gasteiger partial charge in [0.2, 0.25) is 11.8 Å². The maximum atomic E-state index is 13.7. The first-order chi connectivity index (χ1) is 24.4. The number of piperidine rings is 1. The molecule has 52 heavy (non-hydrogen) atoms. The number of rotatable bonds is 17. The number of carboxylic acid groups (broad SMARTS) is 1. The third-order valence-electron chi connectivity index (χ3n) is 9.25. The molecule has 0 bridgehead atoms. The number of thiazole rings is 1. The van der Waals surface area contributed by atoms with E-state index >= 15 is 0 Å². The van der Waals surface area contributed by atoms with Crippen molar-refractivity contribution in [1.29, 1.82) is 0 Å². The fourth-order valence-corrected chi connectivity index (χ4v) is 7.27. The van der Waals surface area contributed by atoms with Gasteiger partial charge >= 0.3 is 18.1 Å². The normalized spacial score (nSPS) is 18.1. The van der Waals surface area contributed by atoms with Crippen LogP contribution in [-0.4, -0.2) is 101 Å². The number of aliphatic carboxylic acids is 1. The van der Waals surface area contributed by atoms with E-state index in [0.717, 1.165) is 34.6 Å². The van der Waals surface area contributed by atoms with Crippen molar-refractivity contribution in [1.82, 2.24) is 25.4 Å². The lowest BCUT2D eigenvalue weighted by Crippen LogP contribution is -2.57. The summed E-state index contributed by atoms with van der Waals surface area (Å²) in [6, 6.07) is 5.45. The number of esters is 1. The lowest BCUT2D eigenvalue weighted by Gasteiger charge is -2.37. The molecule has 1 aromatic carbocycles. The van der Waals surface area contributed by atoms with E-state index < -0.39 is 78.4 Å². The van der Waals surface area contributed by atoms with Gasteiger partial charge in [-0.05, 0) is 50.8 Å². The molecule has 16 heteroatoms. The summed E-state index contributed by atoms with van der Waals surface area (Å²) in [4.78, 5) is 71.4. The standard InChI is InChI=1S/C36H50F3N5O7S/c1-21(2)29(44(6)34(48)26(19-36(37,38)39)41-32(47)28-14-10-11-15-43(28)5)18-30(51-23(4)45)33-42-27(20-52-33)31(46)40-25(16-22(3)35(49)50)17-24-12-8-7-9-13-24/h7-9,12-13,20-22,25-26,28-30H,10-11,14-19H2,1-6H3,(H,40,46)(H,41,47)(H,49,50)/t22-,25+,26-,28+,29+,30+/m0/s1. The van der Waals surface area contributed by atoms with Gasteiger partial charge in [0.1, 0.15) is 16.7 Å². The average Bonchev–Trinajstić information content (AvgIpc) is 3.56. The van der Waals surface area contributed by atoms with Crippen LogP contribution in [-0.2, 0) is 30.3 Å². The Morgan fingerprint density at radius 1 is 1.08 bits per heavy atom. The highest BCUT2D eigenvalue weighted by Crippen LogP contribution is 2.32. The Kier molecular flexibility index (Phi) is 15.6. The highest BCUT2D eigenvalue weighted by Gasteiger charge is 2.41. The second-order valence-electron chi connectivity index (χ2n) is 13.9. The number of alkyl halides is 3. The Hall–Kier alpha value is -4.05. The van der Waals surface area contributed by atoms with Gasteiger partial charge in [-0.15, -0.1) is 11.3 Å². The molecule has 0 spiro atoms. The van der Waals surface area contributed by atoms with Crippen LogP contribution in [0.3, 0.4) is 0 Å². The molecule has 3 rings (SSSR count). The third kappa shape index (κ3) is 12.9. The number of hydrogen-bond acceptors (Lipinski definition) is 9. The Balaban J connectivity index is 1.82. The molecule has 1 aliphatic rings. The third-order valence-corrected chi connectivity index (χ3v) is 10.2. The van der Waals surface area contributed by atoms with Crippen molar-refractivity contribution in [3.63, 3.8) is 0 Å². The maximum absolute atomic E-state index is 13.7. The molecule has 0 aliphatic carbocycles. The number of aromatic nitrogens is 1. The SMILES string of the molecule is CC(=O)O[C@H](C[C@H](C(C)C)N(C)C(=O)[C@H](CC(F)(F)F)NC(=O)[C@H]1CCCCN1C)c1nc(C(=O)N[C@@H](Cc2ccccc2)C[C@H](C)C(=O)O)cs1. The van der Waals surface area contributed by atoms with Crippen LogP contribution in [0.1, 0.15) is 93.4 Å². The summed E-state index contributed by atoms with van der Waals surface area (Å²) < 4.78 is 46.8. The number of benzene rings is 1. The van der Waals surface area contributed by atoms with Gasteiger partial charge < -0.3 is 25.4 Å². The van der Waals surface area contributed by atoms with Crippen molar-refractivity contribution in [2.75, 3.05) is 20.6 Å². The maximum Gasteiger partial charge on any atom is 0.391 e. The van der Waals surface area contributed by atoms with Gasteiger partial charge in [0.25, 0.3) is 5.91 Å². The summed E-state index contributed by atoms with van der Waals surface area (Å²) in [7, 11) is 3.07. The fraction of sp³-hybridized carbons (Fsp3) is 0.611. The van der Waals surface area contributed by atoms with E-state index in [1.54, 1.807) is 32.7 Å². The fourth-order valence-electron chi connectivity index (χ4n) is 6.43. The quantitative estimate of drug-likeness (QED) is 0.189. The number of likely N-dealkylation sites (tertiary alicyclic amines) is 1. The minimum atomic E-state index is -4.75. The zero-order chi connectivity index (χ0) is 38.7. The molecular formula is C36H50F3N5O7S. The van der Waals surface area contributed by atoms with Gasteiger partial charge in [0.15, 0.2) is 6.10 Å². The molecule has 2 heterocycles. The van der Waals surface area contributed by atoms with Crippen molar-refractivity contribution in [3.05, 3.63) is 52.0 Å². The molecule has 288 valence electrons. The van der Waals surface area contributed by atoms with Crippen molar-refractivity contribution in [2.45, 2.75) is 109 Å². The average molecular weight is 754 g/mol. The Bertz CT molecular complexity index is 1520. The monoisotopic (exact) mass is 753 g/mol. The van der Waals surface area contributed by atoms with Gasteiger partial charge in [-0.3, -0.25) is 28.9 Å². The summed E-state index contributed by atoms with van der Waals surface area (Å²) in [5.41, 5.74) is 0.903. The number of carbonyl (C=O) groups is 5. The largest absolute Gasteiger partial charge is 0.481 e. The predicted molar refractivity (Wildman–Crippen MR) is 188 cm³/mol. The van der Waals surface area contributed by atoms with Crippen LogP contribution in [0.2, 0.25) is 0 Å². The van der Waals surface area contributed by atoms with E-state index in [1.165, 1.54) is 19.4 Å². The van der Waals surface area contributed by atoms with Crippen molar-refractivity contribution in [3.8, 4) is 0 Å². The van der Waals surface area contributed by atoms with Crippen LogP contribution in [0, 0.1) is 11.8 Å². The van der Waals surface area contributed by atoms with Crippen LogP contribution in [0.5, 0.6) is 0 Å². The Morgan fingerprint density at radius 3 is 2.33 bits per heavy atom. The van der Waals surface area contributed by atoms with Gasteiger partial charge in [0.05, 0.1) is 18.4 Å². The first-order valence-electron chi connectivity index (χ1n) is 17.4. The lowest BCUT2D eigenvalue weighted by atomic mass is 9.95. The molecule has 1 fully saturated rings. The second-order valence-corrected chi connectivity index (χ2v) is 14.8. The molecule has 1 aromatic heterocycles. The van der Waals surface area contributed by atoms with Gasteiger partial charge in [-0.1, -0.05) is 57.5 Å². The van der Waals surface area contributed by atoms with E-state index in [1.807, 2.05) is 30.3 Å². The minimum absolute atomic E-state index is 0.00403. The number of amides is 3. The Labute approximate surface area is 306 Å². The van der Waals surface area contributed by atoms with Crippen molar-refractivity contribution in [2.24, 2.45) is 11.8 Å². The first-order valence-corrected chi connectivity index (χ1v) is 18.3. The summed E-state index contributed by atoms with van der Waals surface area (Å²) in [5.74, 6) is -4.90. The number of halogens is 3. The van der Waals surface area contributed by atoms with Gasteiger partial charge in [-0.25, -0.2) is 4.98 Å². The van der Waals surface area contributed by atoms with Crippen LogP contribution in [0.15, 0.2) is 35.7 Å². The number of ether oxygens (including phenoxy) is 1. The zero-order valence-electron chi connectivity index (χ0n) is 30.4. The smallest absolute Gasteiger partial charge is 0.391 e. The molecule has 0 radical (unpaired) electrons. The highest BCUT2D eigenvalue weighted by molar-refractivity contribution is 7.09. The lowest BCUT2D eigenvalue weighted by molar-refractivity contribution is -0.159. The molecule has 0 saturated carbocycles. The number of likely N-dealkylation sites (N-methyl/N-ethyl adjacent to an activating group) is 2. The van der Waals surface area contributed by atoms with Gasteiger partial charge in [0, 0.05) is 37.9 Å². The van der Waals surface area contributed by atoms with Crippen molar-refractivity contribution < 1.29 is 47.0 Å². The summed E-state index contributed by atoms with van der Waals surface area (Å²) in [6.07, 6.45) is -4.82. The number of carboxylic acids is 1. The van der Waals surface area contributed by atoms with E-state index in [2.05, 4.69) is 15.6 Å². The summed E-state index contributed by atoms with van der Waals surface area (Å²) in [6.45, 7) is 6.88. The van der Waals surface area contributed by atoms with E-state index in [0.29, 0.717) is 19.4 Å². The number of nitrogens with zero attached hydrogens (tertiary/aromatic N) is 3. The van der Waals surface area contributed by atoms with Crippen LogP contribution < -0.4 is 10.6 Å². The summed E-state index contributed by atoms with van der Waals surface area (Å²) in [5, 5.41) is 16.4. The minimum Gasteiger partial charge on any atom is -0.481 e. The first kappa shape index (κ1) is 42.4. The van der Waals surface area contributed by atoms with Crippen LogP contribution in [0.25, 0.3) is 0 Å². The van der Waals surface area contributed by atoms with Crippen LogP contribution >= 0.6 is 11.3 Å². The molecule has 3 amide bonds. The van der Waals surface area contributed by atoms with Crippen LogP contribution in [0.4, 0.5) is 13.2 Å². The molecule has 1 saturated heterocycles. The molecule has 2 aromatic rings. The zero-order valence-corrected chi connectivity index (χ0v) is 31.3. The number of carbonyl (C=O) groups excluding carboxylic acids is 4. The Morgan fingerprint density at radius 2 is 1.75 bits per heavy atom. The topological polar surface area (TPSA) is 158 Å².